The molecule has 0 aliphatic rings. The predicted molar refractivity (Wildman–Crippen MR) is 108 cm³/mol. The maximum atomic E-state index is 12.7. The van der Waals surface area contributed by atoms with Crippen LogP contribution in [0.4, 0.5) is 5.69 Å². The third kappa shape index (κ3) is 4.22. The van der Waals surface area contributed by atoms with Crippen molar-refractivity contribution in [3.63, 3.8) is 0 Å². The van der Waals surface area contributed by atoms with Crippen molar-refractivity contribution in [1.29, 1.82) is 0 Å². The highest BCUT2D eigenvalue weighted by Crippen LogP contribution is 2.11. The van der Waals surface area contributed by atoms with Crippen molar-refractivity contribution in [3.05, 3.63) is 99.6 Å². The number of carbonyl (C=O) groups excluding carboxylic acids is 1. The van der Waals surface area contributed by atoms with Crippen molar-refractivity contribution in [2.24, 2.45) is 0 Å². The topological polar surface area (TPSA) is 117 Å². The molecule has 0 radical (unpaired) electrons. The molecule has 0 bridgehead atoms. The van der Waals surface area contributed by atoms with Gasteiger partial charge in [-0.2, -0.15) is 0 Å². The Bertz CT molecular complexity index is 1260. The minimum Gasteiger partial charge on any atom is -0.325 e. The summed E-state index contributed by atoms with van der Waals surface area (Å²) in [5.74, 6) is -0.484. The van der Waals surface area contributed by atoms with Crippen LogP contribution in [-0.2, 0) is 17.9 Å². The third-order valence-corrected chi connectivity index (χ3v) is 4.40. The fraction of sp³-hybridized carbons (Fsp3) is 0.100. The fourth-order valence-corrected chi connectivity index (χ4v) is 2.92. The van der Waals surface area contributed by atoms with Gasteiger partial charge in [-0.05, 0) is 40.3 Å². The molecule has 10 heteroatoms. The molecular weight excluding hydrogens is 386 g/mol. The van der Waals surface area contributed by atoms with Crippen LogP contribution >= 0.6 is 0 Å². The monoisotopic (exact) mass is 403 g/mol. The van der Waals surface area contributed by atoms with Crippen molar-refractivity contribution in [3.8, 4) is 5.69 Å². The molecule has 0 aliphatic heterocycles. The van der Waals surface area contributed by atoms with Crippen LogP contribution in [0.3, 0.4) is 0 Å². The number of benzene rings is 2. The largest absolute Gasteiger partial charge is 0.331 e. The van der Waals surface area contributed by atoms with Gasteiger partial charge in [-0.15, -0.1) is 5.10 Å². The van der Waals surface area contributed by atoms with Crippen LogP contribution in [0.25, 0.3) is 5.69 Å². The molecule has 2 aromatic heterocycles. The van der Waals surface area contributed by atoms with Crippen LogP contribution in [0.2, 0.25) is 0 Å². The molecule has 0 saturated carbocycles. The second-order valence-corrected chi connectivity index (χ2v) is 6.49. The summed E-state index contributed by atoms with van der Waals surface area (Å²) in [6, 6.07) is 17.5. The number of amides is 1. The summed E-state index contributed by atoms with van der Waals surface area (Å²) in [6.07, 6.45) is 2.89. The van der Waals surface area contributed by atoms with Crippen molar-refractivity contribution >= 4 is 11.6 Å². The average molecular weight is 403 g/mol. The van der Waals surface area contributed by atoms with Crippen molar-refractivity contribution in [2.45, 2.75) is 13.1 Å². The first-order chi connectivity index (χ1) is 14.6. The van der Waals surface area contributed by atoms with Crippen LogP contribution in [0.1, 0.15) is 5.56 Å². The van der Waals surface area contributed by atoms with Gasteiger partial charge >= 0.3 is 5.69 Å². The van der Waals surface area contributed by atoms with Gasteiger partial charge in [0.15, 0.2) is 0 Å². The number of nitrogens with one attached hydrogen (secondary N) is 1. The van der Waals surface area contributed by atoms with E-state index in [9.17, 15) is 14.4 Å². The lowest BCUT2D eigenvalue weighted by atomic mass is 10.2. The van der Waals surface area contributed by atoms with E-state index in [1.165, 1.54) is 27.8 Å². The van der Waals surface area contributed by atoms with Gasteiger partial charge in [-0.1, -0.05) is 30.3 Å². The molecule has 1 amide bonds. The second kappa shape index (κ2) is 8.35. The lowest BCUT2D eigenvalue weighted by molar-refractivity contribution is -0.116. The number of carbonyl (C=O) groups is 1. The summed E-state index contributed by atoms with van der Waals surface area (Å²) in [6.45, 7) is -0.0811. The van der Waals surface area contributed by atoms with E-state index in [0.717, 1.165) is 15.8 Å². The molecule has 30 heavy (non-hydrogen) atoms. The quantitative estimate of drug-likeness (QED) is 0.506. The molecule has 10 nitrogen and oxygen atoms in total. The number of anilines is 1. The van der Waals surface area contributed by atoms with Gasteiger partial charge < -0.3 is 5.32 Å². The summed E-state index contributed by atoms with van der Waals surface area (Å²) in [5.41, 5.74) is 1.08. The first kappa shape index (κ1) is 19.0. The zero-order valence-corrected chi connectivity index (χ0v) is 15.8. The molecule has 2 heterocycles. The van der Waals surface area contributed by atoms with Crippen LogP contribution in [0.15, 0.2) is 82.8 Å². The Kier molecular flexibility index (Phi) is 5.29. The minimum absolute atomic E-state index is 0.306. The molecule has 150 valence electrons. The Labute approximate surface area is 170 Å². The SMILES string of the molecule is O=C(Cn1c(=O)ccn(Cc2ccccc2)c1=O)Nc1ccc(-n2cnnn2)cc1. The number of rotatable bonds is 6. The summed E-state index contributed by atoms with van der Waals surface area (Å²) < 4.78 is 3.78. The van der Waals surface area contributed by atoms with Crippen LogP contribution < -0.4 is 16.6 Å². The maximum Gasteiger partial charge on any atom is 0.331 e. The molecule has 1 N–H and O–H groups in total. The molecule has 0 atom stereocenters. The highest BCUT2D eigenvalue weighted by Gasteiger charge is 2.11. The highest BCUT2D eigenvalue weighted by atomic mass is 16.2. The summed E-state index contributed by atoms with van der Waals surface area (Å²) in [7, 11) is 0. The van der Waals surface area contributed by atoms with E-state index in [-0.39, 0.29) is 6.54 Å². The molecule has 4 rings (SSSR count). The van der Waals surface area contributed by atoms with Gasteiger partial charge in [0.1, 0.15) is 12.9 Å². The predicted octanol–water partition coefficient (Wildman–Crippen LogP) is 0.673. The molecule has 0 fully saturated rings. The van der Waals surface area contributed by atoms with E-state index in [4.69, 9.17) is 0 Å². The lowest BCUT2D eigenvalue weighted by Crippen LogP contribution is -2.41. The van der Waals surface area contributed by atoms with E-state index in [1.807, 2.05) is 30.3 Å². The van der Waals surface area contributed by atoms with E-state index < -0.39 is 17.2 Å². The average Bonchev–Trinajstić information content (AvgIpc) is 3.29. The standard InChI is InChI=1S/C20H17N7O3/c28-18(22-16-6-8-17(9-7-16)27-14-21-23-24-27)13-26-19(29)10-11-25(20(26)30)12-15-4-2-1-3-5-15/h1-11,14H,12-13H2,(H,22,28). The van der Waals surface area contributed by atoms with Gasteiger partial charge in [0.05, 0.1) is 12.2 Å². The number of hydrogen-bond acceptors (Lipinski definition) is 6. The van der Waals surface area contributed by atoms with E-state index in [2.05, 4.69) is 20.8 Å². The molecule has 0 aliphatic carbocycles. The number of nitrogens with zero attached hydrogens (tertiary/aromatic N) is 6. The van der Waals surface area contributed by atoms with E-state index in [0.29, 0.717) is 12.2 Å². The first-order valence-electron chi connectivity index (χ1n) is 9.08. The molecule has 0 spiro atoms. The molecular formula is C20H17N7O3. The zero-order chi connectivity index (χ0) is 20.9. The Balaban J connectivity index is 1.48. The Morgan fingerprint density at radius 1 is 0.967 bits per heavy atom. The van der Waals surface area contributed by atoms with Gasteiger partial charge in [0.25, 0.3) is 5.56 Å². The Morgan fingerprint density at radius 2 is 1.73 bits per heavy atom. The number of aromatic nitrogens is 6. The molecule has 0 saturated heterocycles. The minimum atomic E-state index is -0.546. The maximum absolute atomic E-state index is 12.7. The molecule has 4 aromatic rings. The molecule has 2 aromatic carbocycles. The van der Waals surface area contributed by atoms with Crippen LogP contribution in [0, 0.1) is 0 Å². The van der Waals surface area contributed by atoms with Crippen molar-refractivity contribution < 1.29 is 4.79 Å². The van der Waals surface area contributed by atoms with Crippen LogP contribution in [0.5, 0.6) is 0 Å². The van der Waals surface area contributed by atoms with Gasteiger partial charge in [0.2, 0.25) is 5.91 Å². The first-order valence-corrected chi connectivity index (χ1v) is 9.08. The smallest absolute Gasteiger partial charge is 0.325 e. The van der Waals surface area contributed by atoms with Crippen LogP contribution in [-0.4, -0.2) is 35.2 Å². The van der Waals surface area contributed by atoms with Gasteiger partial charge in [-0.25, -0.2) is 9.48 Å². The third-order valence-electron chi connectivity index (χ3n) is 4.40. The lowest BCUT2D eigenvalue weighted by Gasteiger charge is -2.11. The highest BCUT2D eigenvalue weighted by molar-refractivity contribution is 5.90. The Morgan fingerprint density at radius 3 is 2.43 bits per heavy atom. The van der Waals surface area contributed by atoms with Crippen molar-refractivity contribution in [2.75, 3.05) is 5.32 Å². The number of tetrazole rings is 1. The van der Waals surface area contributed by atoms with E-state index >= 15 is 0 Å². The normalized spacial score (nSPS) is 10.7. The summed E-state index contributed by atoms with van der Waals surface area (Å²) in [4.78, 5) is 37.3. The summed E-state index contributed by atoms with van der Waals surface area (Å²) in [5, 5.41) is 13.6. The number of hydrogen-bond donors (Lipinski definition) is 1. The molecule has 0 unspecified atom stereocenters. The Hall–Kier alpha value is -4.34. The van der Waals surface area contributed by atoms with Gasteiger partial charge in [-0.3, -0.25) is 18.7 Å². The fourth-order valence-electron chi connectivity index (χ4n) is 2.92. The zero-order valence-electron chi connectivity index (χ0n) is 15.8. The van der Waals surface area contributed by atoms with Crippen molar-refractivity contribution in [1.82, 2.24) is 29.3 Å². The van der Waals surface area contributed by atoms with Gasteiger partial charge in [0, 0.05) is 18.0 Å². The summed E-state index contributed by atoms with van der Waals surface area (Å²) >= 11 is 0. The second-order valence-electron chi connectivity index (χ2n) is 6.49. The van der Waals surface area contributed by atoms with E-state index in [1.54, 1.807) is 24.3 Å².